The number of hydrogen-bond acceptors (Lipinski definition) is 2. The smallest absolute Gasteiger partial charge is 0.0732 e. The lowest BCUT2D eigenvalue weighted by Gasteiger charge is -2.34. The second kappa shape index (κ2) is 17.9. The molecule has 0 N–H and O–H groups in total. The molecule has 79 heavy (non-hydrogen) atoms. The summed E-state index contributed by atoms with van der Waals surface area (Å²) in [5.41, 5.74) is 22.1. The van der Waals surface area contributed by atoms with Gasteiger partial charge in [-0.25, -0.2) is 0 Å². The predicted octanol–water partition coefficient (Wildman–Crippen LogP) is 21.6. The molecule has 1 spiro atoms. The molecular weight excluding hydrogens is 953 g/mol. The summed E-state index contributed by atoms with van der Waals surface area (Å²) in [4.78, 5) is 4.99. The van der Waals surface area contributed by atoms with Gasteiger partial charge in [0, 0.05) is 33.8 Å². The van der Waals surface area contributed by atoms with Crippen LogP contribution in [0.25, 0.3) is 54.6 Å². The maximum absolute atomic E-state index is 2.60. The minimum absolute atomic E-state index is 0.0133. The Morgan fingerprint density at radius 1 is 0.266 bits per heavy atom. The van der Waals surface area contributed by atoms with E-state index in [0.29, 0.717) is 0 Å². The van der Waals surface area contributed by atoms with Gasteiger partial charge >= 0.3 is 0 Å². The van der Waals surface area contributed by atoms with Gasteiger partial charge in [0.1, 0.15) is 0 Å². The molecule has 0 bridgehead atoms. The second-order valence-electron chi connectivity index (χ2n) is 26.6. The first kappa shape index (κ1) is 50.3. The molecule has 11 aromatic rings. The molecule has 0 saturated carbocycles. The van der Waals surface area contributed by atoms with E-state index < -0.39 is 5.41 Å². The van der Waals surface area contributed by atoms with Crippen molar-refractivity contribution in [2.75, 3.05) is 9.80 Å². The van der Waals surface area contributed by atoms with Crippen LogP contribution in [0.1, 0.15) is 128 Å². The van der Waals surface area contributed by atoms with Gasteiger partial charge in [-0.15, -0.1) is 0 Å². The second-order valence-corrected chi connectivity index (χ2v) is 26.6. The third-order valence-corrected chi connectivity index (χ3v) is 17.5. The Morgan fingerprint density at radius 3 is 1.05 bits per heavy atom. The van der Waals surface area contributed by atoms with Crippen molar-refractivity contribution in [3.63, 3.8) is 0 Å². The van der Waals surface area contributed by atoms with Crippen LogP contribution in [-0.2, 0) is 27.1 Å². The summed E-state index contributed by atoms with van der Waals surface area (Å²) in [6, 6.07) is 84.2. The fourth-order valence-electron chi connectivity index (χ4n) is 13.3. The van der Waals surface area contributed by atoms with Crippen molar-refractivity contribution in [2.24, 2.45) is 0 Å². The Bertz CT molecular complexity index is 4020. The van der Waals surface area contributed by atoms with Crippen LogP contribution in [-0.4, -0.2) is 0 Å². The summed E-state index contributed by atoms with van der Waals surface area (Å²) in [6.07, 6.45) is 0. The third-order valence-electron chi connectivity index (χ3n) is 17.5. The average Bonchev–Trinajstić information content (AvgIpc) is 1.95. The quantitative estimate of drug-likeness (QED) is 0.153. The molecule has 2 aliphatic rings. The Labute approximate surface area is 469 Å². The minimum Gasteiger partial charge on any atom is -0.310 e. The van der Waals surface area contributed by atoms with Crippen LogP contribution in [0.15, 0.2) is 218 Å². The Kier molecular flexibility index (Phi) is 11.4. The Hall–Kier alpha value is -8.20. The minimum atomic E-state index is -0.663. The van der Waals surface area contributed by atoms with Gasteiger partial charge in [-0.3, -0.25) is 0 Å². The van der Waals surface area contributed by atoms with Crippen LogP contribution in [0.3, 0.4) is 0 Å². The average molecular weight is 1030 g/mol. The maximum Gasteiger partial charge on any atom is 0.0732 e. The Morgan fingerprint density at radius 2 is 0.620 bits per heavy atom. The number of nitrogens with zero attached hydrogens (tertiary/aromatic N) is 2. The number of fused-ring (bicyclic) bond motifs is 17. The summed E-state index contributed by atoms with van der Waals surface area (Å²) >= 11 is 0. The number of anilines is 6. The van der Waals surface area contributed by atoms with Crippen molar-refractivity contribution in [3.05, 3.63) is 263 Å². The van der Waals surface area contributed by atoms with Crippen molar-refractivity contribution in [1.82, 2.24) is 0 Å². The third kappa shape index (κ3) is 7.96. The molecule has 390 valence electrons. The molecule has 0 atom stereocenters. The molecule has 0 unspecified atom stereocenters. The van der Waals surface area contributed by atoms with Crippen LogP contribution in [0.4, 0.5) is 34.1 Å². The van der Waals surface area contributed by atoms with Crippen molar-refractivity contribution < 1.29 is 0 Å². The van der Waals surface area contributed by atoms with Crippen molar-refractivity contribution in [3.8, 4) is 22.3 Å². The van der Waals surface area contributed by atoms with Crippen LogP contribution >= 0.6 is 0 Å². The molecule has 0 aliphatic heterocycles. The largest absolute Gasteiger partial charge is 0.310 e. The molecular formula is C77H72N2. The molecule has 0 aromatic heterocycles. The van der Waals surface area contributed by atoms with Gasteiger partial charge < -0.3 is 9.80 Å². The molecule has 0 saturated heterocycles. The predicted molar refractivity (Wildman–Crippen MR) is 339 cm³/mol. The lowest BCUT2D eigenvalue weighted by Crippen LogP contribution is -2.26. The fraction of sp³-hybridized carbons (Fsp3) is 0.221. The zero-order valence-corrected chi connectivity index (χ0v) is 48.2. The van der Waals surface area contributed by atoms with Gasteiger partial charge in [-0.2, -0.15) is 0 Å². The van der Waals surface area contributed by atoms with E-state index in [2.05, 4.69) is 311 Å². The van der Waals surface area contributed by atoms with Gasteiger partial charge in [0.05, 0.1) is 11.1 Å². The van der Waals surface area contributed by atoms with E-state index in [1.807, 2.05) is 0 Å². The first-order valence-electron chi connectivity index (χ1n) is 28.5. The van der Waals surface area contributed by atoms with Crippen LogP contribution in [0.5, 0.6) is 0 Å². The van der Waals surface area contributed by atoms with E-state index in [0.717, 1.165) is 34.1 Å². The zero-order valence-electron chi connectivity index (χ0n) is 48.2. The van der Waals surface area contributed by atoms with E-state index in [1.165, 1.54) is 99.1 Å². The maximum atomic E-state index is 2.60. The molecule has 2 aliphatic carbocycles. The Balaban J connectivity index is 1.13. The zero-order chi connectivity index (χ0) is 55.0. The molecule has 11 aromatic carbocycles. The molecule has 0 fully saturated rings. The summed E-state index contributed by atoms with van der Waals surface area (Å²) < 4.78 is 0. The van der Waals surface area contributed by atoms with Gasteiger partial charge in [0.15, 0.2) is 0 Å². The molecule has 0 heterocycles. The fourth-order valence-corrected chi connectivity index (χ4v) is 13.3. The van der Waals surface area contributed by atoms with E-state index in [1.54, 1.807) is 0 Å². The number of hydrogen-bond donors (Lipinski definition) is 0. The summed E-state index contributed by atoms with van der Waals surface area (Å²) in [5.74, 6) is 0. The SMILES string of the molecule is CC(C)(C)c1ccc(N(c2ccc(C(C)(C)C)cc2)c2ccc3c4c(c5ccccc5c3c2)-c2c(cc(N(c3ccc(C(C)(C)C)cc3)c3ccc(C(C)(C)C)cc3)c3ccccc23)C42c3ccccc3-c3ccccc32)cc1. The molecule has 0 radical (unpaired) electrons. The highest BCUT2D eigenvalue weighted by molar-refractivity contribution is 6.24. The first-order valence-corrected chi connectivity index (χ1v) is 28.5. The van der Waals surface area contributed by atoms with Gasteiger partial charge in [0.2, 0.25) is 0 Å². The molecule has 2 heteroatoms. The van der Waals surface area contributed by atoms with Gasteiger partial charge in [0.25, 0.3) is 0 Å². The van der Waals surface area contributed by atoms with Crippen LogP contribution in [0.2, 0.25) is 0 Å². The van der Waals surface area contributed by atoms with E-state index in [-0.39, 0.29) is 21.7 Å². The van der Waals surface area contributed by atoms with E-state index >= 15 is 0 Å². The van der Waals surface area contributed by atoms with Crippen molar-refractivity contribution >= 4 is 66.4 Å². The van der Waals surface area contributed by atoms with Gasteiger partial charge in [-0.1, -0.05) is 235 Å². The lowest BCUT2D eigenvalue weighted by atomic mass is 9.69. The first-order chi connectivity index (χ1) is 37.7. The van der Waals surface area contributed by atoms with E-state index in [9.17, 15) is 0 Å². The van der Waals surface area contributed by atoms with Crippen LogP contribution in [0, 0.1) is 0 Å². The van der Waals surface area contributed by atoms with Gasteiger partial charge in [-0.05, 0) is 182 Å². The van der Waals surface area contributed by atoms with Crippen molar-refractivity contribution in [1.29, 1.82) is 0 Å². The molecule has 2 nitrogen and oxygen atoms in total. The molecule has 13 rings (SSSR count). The molecule has 0 amide bonds. The number of benzene rings is 11. The van der Waals surface area contributed by atoms with Crippen molar-refractivity contribution in [2.45, 2.75) is 110 Å². The standard InChI is InChI=1S/C77H72N2/c1-73(2,3)49-29-37-53(38-30-49)78(54-39-31-50(32-40-54)74(4,5)6)57-45-46-64-65(47-57)58-21-13-15-25-62(58)71-70-63-26-16-14-24-61(63)69(48-68(70)77(72(64)71)66-27-19-17-22-59(66)60-23-18-20-28-67(60)77)79(55-41-33-51(34-42-55)75(7,8)9)56-43-35-52(36-44-56)76(10,11)12/h13-48H,1-12H3. The summed E-state index contributed by atoms with van der Waals surface area (Å²) in [6.45, 7) is 27.6. The summed E-state index contributed by atoms with van der Waals surface area (Å²) in [7, 11) is 0. The summed E-state index contributed by atoms with van der Waals surface area (Å²) in [5, 5.41) is 7.50. The van der Waals surface area contributed by atoms with E-state index in [4.69, 9.17) is 0 Å². The van der Waals surface area contributed by atoms with Crippen LogP contribution < -0.4 is 9.80 Å². The monoisotopic (exact) mass is 1020 g/mol. The normalized spacial score (nSPS) is 13.7. The number of rotatable bonds is 6. The lowest BCUT2D eigenvalue weighted by molar-refractivity contribution is 0.590. The highest BCUT2D eigenvalue weighted by Gasteiger charge is 2.54. The highest BCUT2D eigenvalue weighted by Crippen LogP contribution is 2.67. The highest BCUT2D eigenvalue weighted by atomic mass is 15.1. The topological polar surface area (TPSA) is 6.48 Å².